The summed E-state index contributed by atoms with van der Waals surface area (Å²) < 4.78 is 7.17. The molecular formula is C15H26N4O2. The zero-order chi connectivity index (χ0) is 15.4. The Labute approximate surface area is 125 Å². The molecular weight excluding hydrogens is 268 g/mol. The predicted molar refractivity (Wildman–Crippen MR) is 83.6 cm³/mol. The van der Waals surface area contributed by atoms with E-state index in [9.17, 15) is 4.79 Å². The highest BCUT2D eigenvalue weighted by Gasteiger charge is 2.30. The van der Waals surface area contributed by atoms with Gasteiger partial charge in [-0.2, -0.15) is 0 Å². The first-order valence-electron chi connectivity index (χ1n) is 7.61. The van der Waals surface area contributed by atoms with E-state index in [1.165, 1.54) is 0 Å². The van der Waals surface area contributed by atoms with Crippen molar-refractivity contribution < 1.29 is 4.74 Å². The Morgan fingerprint density at radius 1 is 1.52 bits per heavy atom. The number of hydrogen-bond donors (Lipinski definition) is 1. The van der Waals surface area contributed by atoms with Crippen molar-refractivity contribution in [1.29, 1.82) is 0 Å². The Kier molecular flexibility index (Phi) is 5.36. The van der Waals surface area contributed by atoms with Gasteiger partial charge in [-0.15, -0.1) is 0 Å². The molecule has 1 aromatic rings. The third kappa shape index (κ3) is 3.63. The zero-order valence-corrected chi connectivity index (χ0v) is 13.2. The van der Waals surface area contributed by atoms with Gasteiger partial charge in [-0.3, -0.25) is 4.79 Å². The minimum Gasteiger partial charge on any atom is -0.381 e. The van der Waals surface area contributed by atoms with E-state index in [1.807, 2.05) is 0 Å². The molecule has 2 atom stereocenters. The summed E-state index contributed by atoms with van der Waals surface area (Å²) in [5.41, 5.74) is 5.86. The van der Waals surface area contributed by atoms with Crippen LogP contribution in [0.15, 0.2) is 17.2 Å². The molecule has 0 bridgehead atoms. The molecule has 0 spiro atoms. The van der Waals surface area contributed by atoms with Crippen molar-refractivity contribution >= 4 is 5.82 Å². The summed E-state index contributed by atoms with van der Waals surface area (Å²) in [7, 11) is 1.73. The number of nitrogens with two attached hydrogens (primary N) is 1. The number of hydrogen-bond acceptors (Lipinski definition) is 5. The molecule has 1 fully saturated rings. The van der Waals surface area contributed by atoms with Crippen molar-refractivity contribution in [3.05, 3.63) is 22.7 Å². The zero-order valence-electron chi connectivity index (χ0n) is 13.2. The minimum absolute atomic E-state index is 0.0273. The molecule has 0 saturated carbocycles. The lowest BCUT2D eigenvalue weighted by Crippen LogP contribution is -2.51. The third-order valence-corrected chi connectivity index (χ3v) is 4.00. The molecule has 2 unspecified atom stereocenters. The molecule has 0 aromatic carbocycles. The number of anilines is 1. The van der Waals surface area contributed by atoms with E-state index in [2.05, 4.69) is 23.7 Å². The smallest absolute Gasteiger partial charge is 0.293 e. The van der Waals surface area contributed by atoms with E-state index in [1.54, 1.807) is 24.1 Å². The van der Waals surface area contributed by atoms with Crippen molar-refractivity contribution in [3.63, 3.8) is 0 Å². The van der Waals surface area contributed by atoms with Gasteiger partial charge in [0, 0.05) is 45.2 Å². The third-order valence-electron chi connectivity index (χ3n) is 4.00. The summed E-state index contributed by atoms with van der Waals surface area (Å²) in [5.74, 6) is 0.936. The van der Waals surface area contributed by atoms with E-state index in [-0.39, 0.29) is 17.7 Å². The van der Waals surface area contributed by atoms with Crippen LogP contribution in [0.25, 0.3) is 0 Å². The molecule has 6 nitrogen and oxygen atoms in total. The summed E-state index contributed by atoms with van der Waals surface area (Å²) in [5, 5.41) is 0. The van der Waals surface area contributed by atoms with Gasteiger partial charge in [0.05, 0.1) is 6.10 Å². The lowest BCUT2D eigenvalue weighted by Gasteiger charge is -2.38. The SMILES string of the molecule is COC1CCN(c2nccn(CC(C)C)c2=O)C(CN)C1. The maximum absolute atomic E-state index is 12.6. The number of rotatable bonds is 5. The lowest BCUT2D eigenvalue weighted by molar-refractivity contribution is 0.0707. The van der Waals surface area contributed by atoms with Crippen LogP contribution >= 0.6 is 0 Å². The highest BCUT2D eigenvalue weighted by atomic mass is 16.5. The summed E-state index contributed by atoms with van der Waals surface area (Å²) in [4.78, 5) is 19.0. The monoisotopic (exact) mass is 294 g/mol. The molecule has 6 heteroatoms. The van der Waals surface area contributed by atoms with E-state index >= 15 is 0 Å². The van der Waals surface area contributed by atoms with Gasteiger partial charge >= 0.3 is 0 Å². The predicted octanol–water partition coefficient (Wildman–Crippen LogP) is 0.842. The molecule has 2 N–H and O–H groups in total. The van der Waals surface area contributed by atoms with Crippen molar-refractivity contribution in [2.45, 2.75) is 45.4 Å². The second-order valence-electron chi connectivity index (χ2n) is 6.07. The Morgan fingerprint density at radius 3 is 2.90 bits per heavy atom. The largest absolute Gasteiger partial charge is 0.381 e. The number of piperidine rings is 1. The summed E-state index contributed by atoms with van der Waals surface area (Å²) >= 11 is 0. The molecule has 0 aliphatic carbocycles. The van der Waals surface area contributed by atoms with Crippen LogP contribution in [0, 0.1) is 5.92 Å². The van der Waals surface area contributed by atoms with Gasteiger partial charge in [0.2, 0.25) is 0 Å². The van der Waals surface area contributed by atoms with E-state index in [0.717, 1.165) is 19.4 Å². The Bertz CT molecular complexity index is 515. The van der Waals surface area contributed by atoms with Crippen LogP contribution in [-0.2, 0) is 11.3 Å². The second-order valence-corrected chi connectivity index (χ2v) is 6.07. The van der Waals surface area contributed by atoms with Crippen LogP contribution in [0.2, 0.25) is 0 Å². The maximum atomic E-state index is 12.6. The second kappa shape index (κ2) is 7.04. The van der Waals surface area contributed by atoms with Crippen LogP contribution in [0.1, 0.15) is 26.7 Å². The molecule has 2 heterocycles. The maximum Gasteiger partial charge on any atom is 0.293 e. The molecule has 1 aliphatic heterocycles. The fourth-order valence-corrected chi connectivity index (χ4v) is 2.90. The first-order chi connectivity index (χ1) is 10.1. The normalized spacial score (nSPS) is 22.8. The van der Waals surface area contributed by atoms with Gasteiger partial charge in [-0.05, 0) is 18.8 Å². The van der Waals surface area contributed by atoms with Gasteiger partial charge in [0.25, 0.3) is 5.56 Å². The molecule has 0 amide bonds. The van der Waals surface area contributed by atoms with Crippen molar-refractivity contribution in [2.24, 2.45) is 11.7 Å². The Morgan fingerprint density at radius 2 is 2.29 bits per heavy atom. The van der Waals surface area contributed by atoms with Crippen LogP contribution in [0.4, 0.5) is 5.82 Å². The van der Waals surface area contributed by atoms with E-state index < -0.39 is 0 Å². The fourth-order valence-electron chi connectivity index (χ4n) is 2.90. The van der Waals surface area contributed by atoms with Gasteiger partial charge in [-0.25, -0.2) is 4.98 Å². The number of aromatic nitrogens is 2. The number of methoxy groups -OCH3 is 1. The molecule has 1 aromatic heterocycles. The fraction of sp³-hybridized carbons (Fsp3) is 0.733. The van der Waals surface area contributed by atoms with Gasteiger partial charge in [0.15, 0.2) is 5.82 Å². The summed E-state index contributed by atoms with van der Waals surface area (Å²) in [6.45, 7) is 6.16. The molecule has 0 radical (unpaired) electrons. The number of ether oxygens (including phenoxy) is 1. The van der Waals surface area contributed by atoms with Crippen molar-refractivity contribution in [3.8, 4) is 0 Å². The van der Waals surface area contributed by atoms with Gasteiger partial charge < -0.3 is 19.9 Å². The highest BCUT2D eigenvalue weighted by molar-refractivity contribution is 5.38. The van der Waals surface area contributed by atoms with Gasteiger partial charge in [0.1, 0.15) is 0 Å². The van der Waals surface area contributed by atoms with Crippen molar-refractivity contribution in [2.75, 3.05) is 25.1 Å². The standard InChI is InChI=1S/C15H26N4O2/c1-11(2)10-18-7-5-17-14(15(18)20)19-6-4-13(21-3)8-12(19)9-16/h5,7,11-13H,4,6,8-10,16H2,1-3H3. The van der Waals surface area contributed by atoms with Crippen molar-refractivity contribution in [1.82, 2.24) is 9.55 Å². The average Bonchev–Trinajstić information content (AvgIpc) is 2.48. The summed E-state index contributed by atoms with van der Waals surface area (Å²) in [6.07, 6.45) is 5.41. The average molecular weight is 294 g/mol. The minimum atomic E-state index is -0.0273. The van der Waals surface area contributed by atoms with Crippen LogP contribution in [-0.4, -0.2) is 41.9 Å². The quantitative estimate of drug-likeness (QED) is 0.871. The first kappa shape index (κ1) is 16.0. The van der Waals surface area contributed by atoms with Crippen LogP contribution in [0.3, 0.4) is 0 Å². The summed E-state index contributed by atoms with van der Waals surface area (Å²) in [6, 6.07) is 0.110. The molecule has 21 heavy (non-hydrogen) atoms. The molecule has 118 valence electrons. The van der Waals surface area contributed by atoms with E-state index in [4.69, 9.17) is 10.5 Å². The molecule has 1 saturated heterocycles. The number of nitrogens with zero attached hydrogens (tertiary/aromatic N) is 3. The Hall–Kier alpha value is -1.40. The van der Waals surface area contributed by atoms with Crippen LogP contribution in [0.5, 0.6) is 0 Å². The Balaban J connectivity index is 2.26. The highest BCUT2D eigenvalue weighted by Crippen LogP contribution is 2.22. The van der Waals surface area contributed by atoms with E-state index in [0.29, 0.717) is 24.8 Å². The van der Waals surface area contributed by atoms with Crippen LogP contribution < -0.4 is 16.2 Å². The van der Waals surface area contributed by atoms with Gasteiger partial charge in [-0.1, -0.05) is 13.8 Å². The molecule has 1 aliphatic rings. The lowest BCUT2D eigenvalue weighted by atomic mass is 9.99. The first-order valence-corrected chi connectivity index (χ1v) is 7.61. The molecule has 2 rings (SSSR count). The topological polar surface area (TPSA) is 73.4 Å².